The Labute approximate surface area is 265 Å². The summed E-state index contributed by atoms with van der Waals surface area (Å²) in [6.45, 7) is -0.448. The second-order valence-corrected chi connectivity index (χ2v) is 12.0. The minimum atomic E-state index is -1.74. The van der Waals surface area contributed by atoms with Crippen LogP contribution in [-0.4, -0.2) is 125 Å². The summed E-state index contributed by atoms with van der Waals surface area (Å²) >= 11 is 0. The lowest BCUT2D eigenvalue weighted by molar-refractivity contribution is -0.141. The van der Waals surface area contributed by atoms with Crippen molar-refractivity contribution in [1.82, 2.24) is 31.9 Å². The number of aliphatic hydroxyl groups is 1. The molecule has 22 heteroatoms. The number of primary amides is 1. The van der Waals surface area contributed by atoms with Crippen molar-refractivity contribution in [3.8, 4) is 0 Å². The monoisotopic (exact) mass is 678 g/mol. The highest BCUT2D eigenvalue weighted by Crippen LogP contribution is 2.23. The number of carbonyl (C=O) groups is 8. The second-order valence-electron chi connectivity index (χ2n) is 9.48. The number of amides is 7. The molecule has 1 fully saturated rings. The van der Waals surface area contributed by atoms with Crippen LogP contribution >= 0.6 is 21.6 Å². The van der Waals surface area contributed by atoms with Gasteiger partial charge in [0, 0.05) is 25.0 Å². The van der Waals surface area contributed by atoms with Crippen molar-refractivity contribution in [2.45, 2.75) is 56.4 Å². The summed E-state index contributed by atoms with van der Waals surface area (Å²) in [7, 11) is 2.03. The van der Waals surface area contributed by atoms with Gasteiger partial charge in [0.05, 0.1) is 19.6 Å². The number of aliphatic imine (C=N–C) groups is 1. The van der Waals surface area contributed by atoms with Crippen molar-refractivity contribution < 1.29 is 48.6 Å². The molecule has 0 aliphatic carbocycles. The van der Waals surface area contributed by atoms with Crippen molar-refractivity contribution in [1.29, 1.82) is 0 Å². The molecule has 7 amide bonds. The first kappa shape index (κ1) is 38.7. The Morgan fingerprint density at radius 3 is 2.09 bits per heavy atom. The highest BCUT2D eigenvalue weighted by Gasteiger charge is 2.31. The molecule has 252 valence electrons. The van der Waals surface area contributed by atoms with Gasteiger partial charge >= 0.3 is 5.97 Å². The SMILES string of the molecule is CC(=O)N[C@@H]1CSSC[C@@H](C(N)=O)NC(=O)[C@H](CO)NC(=O)[C@@H](CC(=O)O)NC(=O)CNC(=O)[C@@H](CCCN=C(N)N)NC1=O. The molecule has 1 saturated heterocycles. The molecule has 20 nitrogen and oxygen atoms in total. The average Bonchev–Trinajstić information content (AvgIpc) is 2.95. The van der Waals surface area contributed by atoms with Gasteiger partial charge in [-0.05, 0) is 12.8 Å². The largest absolute Gasteiger partial charge is 0.481 e. The van der Waals surface area contributed by atoms with Crippen LogP contribution in [0.1, 0.15) is 26.2 Å². The summed E-state index contributed by atoms with van der Waals surface area (Å²) in [5, 5.41) is 32.7. The van der Waals surface area contributed by atoms with Gasteiger partial charge in [0.25, 0.3) is 0 Å². The van der Waals surface area contributed by atoms with Gasteiger partial charge in [-0.25, -0.2) is 0 Å². The Bertz CT molecular complexity index is 1150. The zero-order valence-corrected chi connectivity index (χ0v) is 25.8. The smallest absolute Gasteiger partial charge is 0.305 e. The molecule has 1 aliphatic rings. The third-order valence-electron chi connectivity index (χ3n) is 5.75. The van der Waals surface area contributed by atoms with E-state index >= 15 is 0 Å². The van der Waals surface area contributed by atoms with Gasteiger partial charge in [-0.1, -0.05) is 21.6 Å². The fraction of sp³-hybridized carbons (Fsp3) is 0.609. The van der Waals surface area contributed by atoms with Crippen molar-refractivity contribution in [3.05, 3.63) is 0 Å². The molecule has 0 saturated carbocycles. The number of hydrogen-bond acceptors (Lipinski definition) is 12. The quantitative estimate of drug-likeness (QED) is 0.0468. The Morgan fingerprint density at radius 2 is 1.51 bits per heavy atom. The lowest BCUT2D eigenvalue weighted by atomic mass is 10.1. The lowest BCUT2D eigenvalue weighted by Gasteiger charge is -2.24. The van der Waals surface area contributed by atoms with Crippen molar-refractivity contribution in [3.63, 3.8) is 0 Å². The summed E-state index contributed by atoms with van der Waals surface area (Å²) in [4.78, 5) is 103. The van der Waals surface area contributed by atoms with Crippen LogP contribution in [-0.2, 0) is 38.4 Å². The first-order valence-electron chi connectivity index (χ1n) is 13.3. The average molecular weight is 679 g/mol. The van der Waals surface area contributed by atoms with E-state index in [1.54, 1.807) is 0 Å². The molecule has 0 bridgehead atoms. The van der Waals surface area contributed by atoms with Gasteiger partial charge in [-0.15, -0.1) is 0 Å². The highest BCUT2D eigenvalue weighted by atomic mass is 33.1. The fourth-order valence-electron chi connectivity index (χ4n) is 3.56. The summed E-state index contributed by atoms with van der Waals surface area (Å²) in [6.07, 6.45) is -0.723. The number of carbonyl (C=O) groups excluding carboxylic acids is 7. The maximum absolute atomic E-state index is 13.1. The number of carboxylic acid groups (broad SMARTS) is 1. The third-order valence-corrected chi connectivity index (χ3v) is 8.18. The van der Waals surface area contributed by atoms with Crippen LogP contribution in [0.2, 0.25) is 0 Å². The highest BCUT2D eigenvalue weighted by molar-refractivity contribution is 8.76. The molecule has 0 aromatic carbocycles. The number of carboxylic acids is 1. The maximum Gasteiger partial charge on any atom is 0.305 e. The number of rotatable bonds is 9. The van der Waals surface area contributed by atoms with Gasteiger partial charge in [-0.3, -0.25) is 43.3 Å². The Kier molecular flexibility index (Phi) is 17.1. The lowest BCUT2D eigenvalue weighted by Crippen LogP contribution is -2.59. The zero-order chi connectivity index (χ0) is 34.1. The molecule has 14 N–H and O–H groups in total. The van der Waals surface area contributed by atoms with Crippen LogP contribution < -0.4 is 49.1 Å². The Hall–Kier alpha value is -4.31. The van der Waals surface area contributed by atoms with E-state index in [-0.39, 0.29) is 36.9 Å². The van der Waals surface area contributed by atoms with E-state index in [1.807, 2.05) is 0 Å². The third kappa shape index (κ3) is 15.3. The Balaban J connectivity index is 3.34. The van der Waals surface area contributed by atoms with E-state index < -0.39 is 97.1 Å². The second kappa shape index (κ2) is 19.9. The summed E-state index contributed by atoms with van der Waals surface area (Å²) in [6, 6.07) is -7.12. The number of nitrogens with one attached hydrogen (secondary N) is 6. The van der Waals surface area contributed by atoms with E-state index in [0.29, 0.717) is 0 Å². The molecule has 1 aliphatic heterocycles. The fourth-order valence-corrected chi connectivity index (χ4v) is 5.90. The van der Waals surface area contributed by atoms with Crippen LogP contribution in [0.15, 0.2) is 4.99 Å². The molecule has 0 spiro atoms. The van der Waals surface area contributed by atoms with Gasteiger partial charge in [0.15, 0.2) is 5.96 Å². The molecule has 0 aromatic rings. The minimum absolute atomic E-state index is 0.00274. The summed E-state index contributed by atoms with van der Waals surface area (Å²) in [5.41, 5.74) is 16.0. The van der Waals surface area contributed by atoms with E-state index in [2.05, 4.69) is 36.9 Å². The molecule has 0 aromatic heterocycles. The number of guanidine groups is 1. The van der Waals surface area contributed by atoms with E-state index in [4.69, 9.17) is 17.2 Å². The van der Waals surface area contributed by atoms with Crippen LogP contribution in [0.5, 0.6) is 0 Å². The number of nitrogens with zero attached hydrogens (tertiary/aromatic N) is 1. The van der Waals surface area contributed by atoms with Gasteiger partial charge < -0.3 is 59.3 Å². The van der Waals surface area contributed by atoms with Crippen LogP contribution in [0.4, 0.5) is 0 Å². The number of nitrogens with two attached hydrogens (primary N) is 3. The zero-order valence-electron chi connectivity index (χ0n) is 24.2. The van der Waals surface area contributed by atoms with E-state index in [0.717, 1.165) is 21.6 Å². The molecule has 0 radical (unpaired) electrons. The number of aliphatic hydroxyl groups excluding tert-OH is 1. The number of hydrogen-bond donors (Lipinski definition) is 11. The molecule has 45 heavy (non-hydrogen) atoms. The van der Waals surface area contributed by atoms with Gasteiger partial charge in [0.1, 0.15) is 30.2 Å². The van der Waals surface area contributed by atoms with Crippen LogP contribution in [0, 0.1) is 0 Å². The van der Waals surface area contributed by atoms with Crippen molar-refractivity contribution in [2.75, 3.05) is 31.2 Å². The van der Waals surface area contributed by atoms with Gasteiger partial charge in [-0.2, -0.15) is 0 Å². The summed E-state index contributed by atoms with van der Waals surface area (Å²) in [5.74, 6) is -8.21. The summed E-state index contributed by atoms with van der Waals surface area (Å²) < 4.78 is 0. The molecule has 1 heterocycles. The number of aliphatic carboxylic acids is 1. The maximum atomic E-state index is 13.1. The van der Waals surface area contributed by atoms with Crippen LogP contribution in [0.25, 0.3) is 0 Å². The minimum Gasteiger partial charge on any atom is -0.481 e. The predicted molar refractivity (Wildman–Crippen MR) is 162 cm³/mol. The van der Waals surface area contributed by atoms with E-state index in [1.165, 1.54) is 6.92 Å². The normalized spacial score (nSPS) is 24.4. The van der Waals surface area contributed by atoms with Crippen LogP contribution in [0.3, 0.4) is 0 Å². The Morgan fingerprint density at radius 1 is 0.889 bits per heavy atom. The molecular formula is C23H38N10O10S2. The van der Waals surface area contributed by atoms with E-state index in [9.17, 15) is 48.6 Å². The standard InChI is InChI=1S/C23H38N10O10S2/c1-10(35)29-15-9-45-44-8-14(18(24)39)33-21(42)13(7-34)32-20(41)12(5-17(37)38)30-16(36)6-28-19(40)11(31-22(15)43)3-2-4-27-23(25)26/h11-15,34H,2-9H2,1H3,(H2,24,39)(H,28,40)(H,29,35)(H,30,36)(H,31,43)(H,32,41)(H,33,42)(H,37,38)(H4,25,26,27)/t11-,12-,13+,14+,15-/m1/s1. The molecular weight excluding hydrogens is 640 g/mol. The molecule has 5 atom stereocenters. The van der Waals surface area contributed by atoms with Gasteiger partial charge in [0.2, 0.25) is 41.4 Å². The first-order valence-corrected chi connectivity index (χ1v) is 15.8. The topological polar surface area (TPSA) is 340 Å². The first-order chi connectivity index (χ1) is 21.1. The molecule has 0 unspecified atom stereocenters. The predicted octanol–water partition coefficient (Wildman–Crippen LogP) is -6.05. The molecule has 1 rings (SSSR count). The van der Waals surface area contributed by atoms with Crippen molar-refractivity contribution in [2.24, 2.45) is 22.2 Å². The van der Waals surface area contributed by atoms with Crippen molar-refractivity contribution >= 4 is 74.9 Å².